The third-order valence-electron chi connectivity index (χ3n) is 4.82. The third kappa shape index (κ3) is 3.71. The van der Waals surface area contributed by atoms with E-state index in [-0.39, 0.29) is 11.2 Å². The zero-order valence-electron chi connectivity index (χ0n) is 14.2. The monoisotopic (exact) mass is 270 g/mol. The topological polar surface area (TPSA) is 24.5 Å². The molecule has 1 aliphatic rings. The molecule has 1 heterocycles. The van der Waals surface area contributed by atoms with Gasteiger partial charge in [0.05, 0.1) is 11.2 Å². The molecule has 0 aromatic rings. The van der Waals surface area contributed by atoms with Crippen molar-refractivity contribution in [3.63, 3.8) is 0 Å². The highest BCUT2D eigenvalue weighted by atomic mass is 16.5. The van der Waals surface area contributed by atoms with Gasteiger partial charge in [-0.2, -0.15) is 0 Å². The fraction of sp³-hybridized carbons (Fsp3) is 1.00. The summed E-state index contributed by atoms with van der Waals surface area (Å²) in [6.45, 7) is 14.5. The van der Waals surface area contributed by atoms with Crippen molar-refractivity contribution >= 4 is 0 Å². The zero-order valence-corrected chi connectivity index (χ0v) is 14.2. The second-order valence-corrected chi connectivity index (χ2v) is 7.26. The normalized spacial score (nSPS) is 30.8. The van der Waals surface area contributed by atoms with E-state index >= 15 is 0 Å². The van der Waals surface area contributed by atoms with E-state index in [1.807, 2.05) is 0 Å². The van der Waals surface area contributed by atoms with Crippen LogP contribution in [-0.4, -0.2) is 48.8 Å². The molecule has 3 nitrogen and oxygen atoms in total. The van der Waals surface area contributed by atoms with E-state index in [0.717, 1.165) is 6.54 Å². The van der Waals surface area contributed by atoms with Crippen molar-refractivity contribution in [3.8, 4) is 0 Å². The first kappa shape index (κ1) is 16.9. The van der Waals surface area contributed by atoms with Crippen molar-refractivity contribution in [2.75, 3.05) is 20.6 Å². The molecule has 1 fully saturated rings. The Morgan fingerprint density at radius 3 is 2.26 bits per heavy atom. The lowest BCUT2D eigenvalue weighted by Gasteiger charge is -2.35. The molecule has 3 atom stereocenters. The molecule has 0 saturated carbocycles. The lowest BCUT2D eigenvalue weighted by molar-refractivity contribution is -0.0795. The van der Waals surface area contributed by atoms with Crippen molar-refractivity contribution < 1.29 is 4.74 Å². The zero-order chi connectivity index (χ0) is 14.8. The van der Waals surface area contributed by atoms with E-state index < -0.39 is 0 Å². The second-order valence-electron chi connectivity index (χ2n) is 7.26. The summed E-state index contributed by atoms with van der Waals surface area (Å²) in [6.07, 6.45) is 2.51. The van der Waals surface area contributed by atoms with Crippen LogP contribution in [0.2, 0.25) is 0 Å². The molecule has 1 saturated heterocycles. The predicted octanol–water partition coefficient (Wildman–Crippen LogP) is 2.90. The fourth-order valence-corrected chi connectivity index (χ4v) is 3.71. The molecular weight excluding hydrogens is 236 g/mol. The molecule has 0 aliphatic carbocycles. The maximum atomic E-state index is 6.30. The Morgan fingerprint density at radius 2 is 1.79 bits per heavy atom. The van der Waals surface area contributed by atoms with Crippen LogP contribution in [0, 0.1) is 5.92 Å². The van der Waals surface area contributed by atoms with Crippen molar-refractivity contribution in [2.24, 2.45) is 5.92 Å². The maximum Gasteiger partial charge on any atom is 0.0790 e. The van der Waals surface area contributed by atoms with E-state index in [1.165, 1.54) is 12.8 Å². The lowest BCUT2D eigenvalue weighted by atomic mass is 9.82. The number of hydrogen-bond donors (Lipinski definition) is 1. The summed E-state index contributed by atoms with van der Waals surface area (Å²) in [5, 5.41) is 3.48. The van der Waals surface area contributed by atoms with Gasteiger partial charge >= 0.3 is 0 Å². The minimum Gasteiger partial charge on any atom is -0.368 e. The van der Waals surface area contributed by atoms with E-state index in [9.17, 15) is 0 Å². The number of hydrogen-bond acceptors (Lipinski definition) is 3. The number of nitrogens with zero attached hydrogens (tertiary/aromatic N) is 1. The molecule has 1 N–H and O–H groups in total. The van der Waals surface area contributed by atoms with Gasteiger partial charge in [-0.25, -0.2) is 0 Å². The molecule has 0 aromatic carbocycles. The average Bonchev–Trinajstić information content (AvgIpc) is 2.43. The molecule has 0 amide bonds. The smallest absolute Gasteiger partial charge is 0.0790 e. The summed E-state index contributed by atoms with van der Waals surface area (Å²) < 4.78 is 6.30. The fourth-order valence-electron chi connectivity index (χ4n) is 3.71. The molecule has 1 aliphatic heterocycles. The van der Waals surface area contributed by atoms with Gasteiger partial charge < -0.3 is 15.0 Å². The average molecular weight is 270 g/mol. The summed E-state index contributed by atoms with van der Waals surface area (Å²) in [5.74, 6) is 0.511. The molecule has 0 spiro atoms. The molecule has 1 rings (SSSR count). The van der Waals surface area contributed by atoms with Crippen LogP contribution in [-0.2, 0) is 4.74 Å². The van der Waals surface area contributed by atoms with Crippen LogP contribution in [0.15, 0.2) is 0 Å². The van der Waals surface area contributed by atoms with Crippen LogP contribution in [0.4, 0.5) is 0 Å². The summed E-state index contributed by atoms with van der Waals surface area (Å²) >= 11 is 0. The van der Waals surface area contributed by atoms with Gasteiger partial charge in [0.1, 0.15) is 0 Å². The quantitative estimate of drug-likeness (QED) is 0.803. The van der Waals surface area contributed by atoms with Crippen LogP contribution in [0.3, 0.4) is 0 Å². The first-order chi connectivity index (χ1) is 8.65. The molecule has 0 radical (unpaired) electrons. The highest BCUT2D eigenvalue weighted by Crippen LogP contribution is 2.42. The van der Waals surface area contributed by atoms with Gasteiger partial charge in [-0.15, -0.1) is 0 Å². The Labute approximate surface area is 120 Å². The summed E-state index contributed by atoms with van der Waals surface area (Å²) in [7, 11) is 4.30. The van der Waals surface area contributed by atoms with Crippen molar-refractivity contribution in [1.29, 1.82) is 0 Å². The Hall–Kier alpha value is -0.120. The number of likely N-dealkylation sites (N-methyl/N-ethyl adjacent to an activating group) is 1. The largest absolute Gasteiger partial charge is 0.368 e. The number of rotatable bonds is 6. The van der Waals surface area contributed by atoms with Gasteiger partial charge in [-0.3, -0.25) is 0 Å². The standard InChI is InChI=1S/C16H34N2O/c1-9-10-12(2)18(8)11-13-14(17-7)16(5,6)19-15(13,3)4/h12-14,17H,9-11H2,1-8H3. The van der Waals surface area contributed by atoms with E-state index in [2.05, 4.69) is 65.9 Å². The van der Waals surface area contributed by atoms with E-state index in [1.54, 1.807) is 0 Å². The SMILES string of the molecule is CCCC(C)N(C)CC1C(NC)C(C)(C)OC1(C)C. The summed E-state index contributed by atoms with van der Waals surface area (Å²) in [5.41, 5.74) is -0.172. The Kier molecular flexibility index (Phi) is 5.44. The minimum atomic E-state index is -0.0995. The molecular formula is C16H34N2O. The van der Waals surface area contributed by atoms with E-state index in [4.69, 9.17) is 4.74 Å². The van der Waals surface area contributed by atoms with Gasteiger partial charge in [0.25, 0.3) is 0 Å². The Bertz CT molecular complexity index is 288. The van der Waals surface area contributed by atoms with Crippen LogP contribution in [0.5, 0.6) is 0 Å². The Morgan fingerprint density at radius 1 is 1.21 bits per heavy atom. The molecule has 0 aromatic heterocycles. The van der Waals surface area contributed by atoms with Gasteiger partial charge in [-0.05, 0) is 55.1 Å². The van der Waals surface area contributed by atoms with Crippen molar-refractivity contribution in [2.45, 2.75) is 77.7 Å². The molecule has 114 valence electrons. The highest BCUT2D eigenvalue weighted by Gasteiger charge is 2.53. The molecule has 19 heavy (non-hydrogen) atoms. The minimum absolute atomic E-state index is 0.0721. The van der Waals surface area contributed by atoms with Gasteiger partial charge in [0.2, 0.25) is 0 Å². The highest BCUT2D eigenvalue weighted by molar-refractivity contribution is 5.05. The summed E-state index contributed by atoms with van der Waals surface area (Å²) in [6, 6.07) is 1.04. The van der Waals surface area contributed by atoms with Crippen LogP contribution in [0.25, 0.3) is 0 Å². The molecule has 3 unspecified atom stereocenters. The van der Waals surface area contributed by atoms with Crippen LogP contribution < -0.4 is 5.32 Å². The first-order valence-corrected chi connectivity index (χ1v) is 7.73. The first-order valence-electron chi connectivity index (χ1n) is 7.73. The second kappa shape index (κ2) is 6.11. The maximum absolute atomic E-state index is 6.30. The number of nitrogens with one attached hydrogen (secondary N) is 1. The third-order valence-corrected chi connectivity index (χ3v) is 4.82. The Balaban J connectivity index is 2.79. The van der Waals surface area contributed by atoms with E-state index in [0.29, 0.717) is 18.0 Å². The lowest BCUT2D eigenvalue weighted by Crippen LogP contribution is -2.50. The van der Waals surface area contributed by atoms with Crippen LogP contribution in [0.1, 0.15) is 54.4 Å². The van der Waals surface area contributed by atoms with Crippen LogP contribution >= 0.6 is 0 Å². The predicted molar refractivity (Wildman–Crippen MR) is 82.6 cm³/mol. The van der Waals surface area contributed by atoms with Gasteiger partial charge in [0.15, 0.2) is 0 Å². The van der Waals surface area contributed by atoms with Crippen molar-refractivity contribution in [1.82, 2.24) is 10.2 Å². The summed E-state index contributed by atoms with van der Waals surface area (Å²) in [4.78, 5) is 2.49. The van der Waals surface area contributed by atoms with Crippen molar-refractivity contribution in [3.05, 3.63) is 0 Å². The molecule has 3 heteroatoms. The van der Waals surface area contributed by atoms with Gasteiger partial charge in [-0.1, -0.05) is 13.3 Å². The van der Waals surface area contributed by atoms with Gasteiger partial charge in [0, 0.05) is 24.5 Å². The number of ether oxygens (including phenoxy) is 1. The molecule has 0 bridgehead atoms.